The molecular weight excluding hydrogens is 308 g/mol. The van der Waals surface area contributed by atoms with E-state index in [1.54, 1.807) is 24.2 Å². The number of benzene rings is 1. The van der Waals surface area contributed by atoms with Crippen molar-refractivity contribution in [2.75, 3.05) is 26.8 Å². The zero-order valence-electron chi connectivity index (χ0n) is 14.2. The number of methoxy groups -OCH3 is 1. The van der Waals surface area contributed by atoms with Crippen molar-refractivity contribution in [1.82, 2.24) is 19.9 Å². The van der Waals surface area contributed by atoms with Gasteiger partial charge in [0.15, 0.2) is 0 Å². The molecule has 1 amide bonds. The highest BCUT2D eigenvalue weighted by Gasteiger charge is 2.35. The maximum absolute atomic E-state index is 12.8. The normalized spacial score (nSPS) is 20.1. The Morgan fingerprint density at radius 3 is 2.75 bits per heavy atom. The molecule has 0 spiro atoms. The summed E-state index contributed by atoms with van der Waals surface area (Å²) < 4.78 is 12.8. The van der Waals surface area contributed by atoms with Gasteiger partial charge in [0.2, 0.25) is 0 Å². The summed E-state index contributed by atoms with van der Waals surface area (Å²) >= 11 is 0. The molecule has 1 atom stereocenters. The van der Waals surface area contributed by atoms with Gasteiger partial charge in [-0.1, -0.05) is 5.21 Å². The monoisotopic (exact) mass is 330 g/mol. The van der Waals surface area contributed by atoms with Crippen LogP contribution in [-0.4, -0.2) is 64.3 Å². The molecule has 1 fully saturated rings. The lowest BCUT2D eigenvalue weighted by atomic mass is 10.0. The fourth-order valence-corrected chi connectivity index (χ4v) is 3.01. The minimum Gasteiger partial charge on any atom is -0.382 e. The first-order valence-electron chi connectivity index (χ1n) is 7.91. The fourth-order valence-electron chi connectivity index (χ4n) is 3.01. The molecule has 7 nitrogen and oxygen atoms in total. The fraction of sp³-hybridized carbons (Fsp3) is 0.471. The third kappa shape index (κ3) is 3.63. The van der Waals surface area contributed by atoms with Crippen molar-refractivity contribution in [3.8, 4) is 5.69 Å². The molecule has 0 bridgehead atoms. The lowest BCUT2D eigenvalue weighted by molar-refractivity contribution is -0.143. The summed E-state index contributed by atoms with van der Waals surface area (Å²) in [4.78, 5) is 14.7. The predicted molar refractivity (Wildman–Crippen MR) is 88.1 cm³/mol. The number of ether oxygens (including phenoxy) is 2. The first-order valence-corrected chi connectivity index (χ1v) is 7.91. The zero-order valence-corrected chi connectivity index (χ0v) is 14.2. The van der Waals surface area contributed by atoms with E-state index >= 15 is 0 Å². The second kappa shape index (κ2) is 6.70. The van der Waals surface area contributed by atoms with E-state index < -0.39 is 5.60 Å². The number of hydrogen-bond donors (Lipinski definition) is 0. The molecule has 0 N–H and O–H groups in total. The quantitative estimate of drug-likeness (QED) is 0.850. The summed E-state index contributed by atoms with van der Waals surface area (Å²) in [7, 11) is 1.64. The van der Waals surface area contributed by atoms with Crippen molar-refractivity contribution in [1.29, 1.82) is 0 Å². The molecule has 24 heavy (non-hydrogen) atoms. The first-order chi connectivity index (χ1) is 11.5. The smallest absolute Gasteiger partial charge is 0.254 e. The van der Waals surface area contributed by atoms with E-state index in [0.717, 1.165) is 5.69 Å². The van der Waals surface area contributed by atoms with Crippen LogP contribution in [0.1, 0.15) is 24.2 Å². The van der Waals surface area contributed by atoms with Gasteiger partial charge in [-0.15, -0.1) is 5.10 Å². The largest absolute Gasteiger partial charge is 0.382 e. The van der Waals surface area contributed by atoms with E-state index in [1.807, 2.05) is 43.0 Å². The van der Waals surface area contributed by atoms with E-state index in [4.69, 9.17) is 9.47 Å². The van der Waals surface area contributed by atoms with Crippen molar-refractivity contribution in [3.63, 3.8) is 0 Å². The number of carbonyl (C=O) groups excluding carboxylic acids is 1. The Balaban J connectivity index is 1.75. The molecule has 7 heteroatoms. The molecule has 1 aromatic heterocycles. The summed E-state index contributed by atoms with van der Waals surface area (Å²) in [6, 6.07) is 7.35. The minimum absolute atomic E-state index is 0.00221. The molecule has 0 aliphatic carbocycles. The first kappa shape index (κ1) is 16.6. The maximum Gasteiger partial charge on any atom is 0.254 e. The van der Waals surface area contributed by atoms with Crippen LogP contribution in [0.3, 0.4) is 0 Å². The van der Waals surface area contributed by atoms with Crippen LogP contribution in [0.4, 0.5) is 0 Å². The number of amides is 1. The van der Waals surface area contributed by atoms with Crippen molar-refractivity contribution >= 4 is 5.91 Å². The van der Waals surface area contributed by atoms with Gasteiger partial charge in [-0.25, -0.2) is 4.68 Å². The average Bonchev–Trinajstić information content (AvgIpc) is 3.07. The number of aromatic nitrogens is 3. The minimum atomic E-state index is -0.391. The van der Waals surface area contributed by atoms with Crippen molar-refractivity contribution in [3.05, 3.63) is 42.2 Å². The maximum atomic E-state index is 12.8. The standard InChI is InChI=1S/C17H22N4O3/c1-17(2)12-20(10-15(24-17)11-23-3)16(22)13-4-6-14(7-5-13)21-9-8-18-19-21/h4-9,15H,10-12H2,1-3H3/t15-/m0/s1. The van der Waals surface area contributed by atoms with Crippen molar-refractivity contribution in [2.24, 2.45) is 0 Å². The van der Waals surface area contributed by atoms with E-state index in [2.05, 4.69) is 10.3 Å². The molecule has 0 unspecified atom stereocenters. The van der Waals surface area contributed by atoms with Gasteiger partial charge in [-0.2, -0.15) is 0 Å². The Hall–Kier alpha value is -2.25. The second-order valence-electron chi connectivity index (χ2n) is 6.54. The Morgan fingerprint density at radius 1 is 1.38 bits per heavy atom. The van der Waals surface area contributed by atoms with E-state index in [-0.39, 0.29) is 12.0 Å². The Kier molecular flexibility index (Phi) is 4.64. The van der Waals surface area contributed by atoms with Crippen molar-refractivity contribution < 1.29 is 14.3 Å². The summed E-state index contributed by atoms with van der Waals surface area (Å²) in [5.74, 6) is -0.00221. The molecule has 0 radical (unpaired) electrons. The highest BCUT2D eigenvalue weighted by atomic mass is 16.5. The third-order valence-corrected chi connectivity index (χ3v) is 3.92. The average molecular weight is 330 g/mol. The Labute approximate surface area is 141 Å². The molecule has 2 heterocycles. The Morgan fingerprint density at radius 2 is 2.12 bits per heavy atom. The molecule has 3 rings (SSSR count). The van der Waals surface area contributed by atoms with Gasteiger partial charge in [0.05, 0.1) is 36.4 Å². The highest BCUT2D eigenvalue weighted by molar-refractivity contribution is 5.94. The van der Waals surface area contributed by atoms with Crippen LogP contribution in [0.25, 0.3) is 5.69 Å². The van der Waals surface area contributed by atoms with E-state index in [9.17, 15) is 4.79 Å². The number of carbonyl (C=O) groups is 1. The Bertz CT molecular complexity index is 682. The number of hydrogen-bond acceptors (Lipinski definition) is 5. The topological polar surface area (TPSA) is 69.5 Å². The molecule has 1 saturated heterocycles. The lowest BCUT2D eigenvalue weighted by Gasteiger charge is -2.42. The van der Waals surface area contributed by atoms with Crippen LogP contribution in [0, 0.1) is 0 Å². The third-order valence-electron chi connectivity index (χ3n) is 3.92. The molecule has 2 aromatic rings. The van der Waals surface area contributed by atoms with Gasteiger partial charge in [-0.05, 0) is 38.1 Å². The summed E-state index contributed by atoms with van der Waals surface area (Å²) in [5, 5.41) is 7.72. The number of nitrogens with zero attached hydrogens (tertiary/aromatic N) is 4. The second-order valence-corrected chi connectivity index (χ2v) is 6.54. The van der Waals surface area contributed by atoms with Gasteiger partial charge >= 0.3 is 0 Å². The summed E-state index contributed by atoms with van der Waals surface area (Å²) in [6.07, 6.45) is 3.26. The molecule has 128 valence electrons. The van der Waals surface area contributed by atoms with E-state index in [1.165, 1.54) is 0 Å². The highest BCUT2D eigenvalue weighted by Crippen LogP contribution is 2.23. The molecular formula is C17H22N4O3. The van der Waals surface area contributed by atoms with Crippen molar-refractivity contribution in [2.45, 2.75) is 25.6 Å². The van der Waals surface area contributed by atoms with Crippen LogP contribution >= 0.6 is 0 Å². The molecule has 0 saturated carbocycles. The number of rotatable bonds is 4. The predicted octanol–water partition coefficient (Wildman–Crippen LogP) is 1.53. The summed E-state index contributed by atoms with van der Waals surface area (Å²) in [6.45, 7) is 5.53. The van der Waals surface area contributed by atoms with Crippen LogP contribution in [0.15, 0.2) is 36.7 Å². The van der Waals surface area contributed by atoms with Gasteiger partial charge in [-0.3, -0.25) is 4.79 Å². The van der Waals surface area contributed by atoms with Crippen LogP contribution in [0.5, 0.6) is 0 Å². The van der Waals surface area contributed by atoms with Gasteiger partial charge < -0.3 is 14.4 Å². The van der Waals surface area contributed by atoms with Gasteiger partial charge in [0, 0.05) is 25.8 Å². The number of morpholine rings is 1. The van der Waals surface area contributed by atoms with Crippen LogP contribution < -0.4 is 0 Å². The summed E-state index contributed by atoms with van der Waals surface area (Å²) in [5.41, 5.74) is 1.12. The van der Waals surface area contributed by atoms with Gasteiger partial charge in [0.25, 0.3) is 5.91 Å². The van der Waals surface area contributed by atoms with E-state index in [0.29, 0.717) is 25.3 Å². The molecule has 1 aromatic carbocycles. The van der Waals surface area contributed by atoms with Crippen LogP contribution in [0.2, 0.25) is 0 Å². The SMILES string of the molecule is COC[C@@H]1CN(C(=O)c2ccc(-n3ccnn3)cc2)CC(C)(C)O1. The molecule has 1 aliphatic heterocycles. The molecule has 1 aliphatic rings. The van der Waals surface area contributed by atoms with Gasteiger partial charge in [0.1, 0.15) is 0 Å². The van der Waals surface area contributed by atoms with Crippen LogP contribution in [-0.2, 0) is 9.47 Å². The zero-order chi connectivity index (χ0) is 17.2. The lowest BCUT2D eigenvalue weighted by Crippen LogP contribution is -2.55.